The van der Waals surface area contributed by atoms with Crippen LogP contribution >= 0.6 is 0 Å². The Bertz CT molecular complexity index is 7640. The summed E-state index contributed by atoms with van der Waals surface area (Å²) in [5.74, 6) is -0.125. The van der Waals surface area contributed by atoms with Gasteiger partial charge < -0.3 is 49.4 Å². The predicted molar refractivity (Wildman–Crippen MR) is 572 cm³/mol. The van der Waals surface area contributed by atoms with Crippen LogP contribution in [0.5, 0.6) is 0 Å². The number of benzene rings is 18. The van der Waals surface area contributed by atoms with E-state index in [1.54, 1.807) is 0 Å². The Morgan fingerprint density at radius 3 is 0.771 bits per heavy atom. The summed E-state index contributed by atoms with van der Waals surface area (Å²) in [4.78, 5) is 54.0. The van der Waals surface area contributed by atoms with E-state index in [2.05, 4.69) is 427 Å². The van der Waals surface area contributed by atoms with Gasteiger partial charge in [0.05, 0.1) is 73.6 Å². The molecular weight excluding hydrogens is 2260 g/mol. The third kappa shape index (κ3) is 16.2. The molecule has 0 unspecified atom stereocenters. The molecular formula is C121H91BIr3N11O4-3. The van der Waals surface area contributed by atoms with Crippen molar-refractivity contribution in [1.82, 2.24) is 15.0 Å². The SMILES string of the molecule is CC(=O)C=C(C)O.CC(=O)C=C(C)O.CN1c2[c-]c(-c3ccc4ccccc4n3)cc3c2B(c2cc4ccccc4cc21)c1cc2ccccc2cc1N3C.CN1c2[c-]c(-c3ccc4ccccc4n3)cc3c2N(c2cc4ccccc4cc21)c1cc2ccccc2cc1N3C.CN1c2[c-]c(-c3ccc4ccccc4n3)cc3c2N(c2cc4ccccc4cc21)c1cc2ccccc2cc1N3C.[Ir].[Ir].[Ir]. The van der Waals surface area contributed by atoms with Crippen LogP contribution in [0.25, 0.3) is 131 Å². The fourth-order valence-corrected chi connectivity index (χ4v) is 20.7. The van der Waals surface area contributed by atoms with Crippen molar-refractivity contribution in [1.29, 1.82) is 0 Å². The van der Waals surface area contributed by atoms with E-state index in [9.17, 15) is 9.59 Å². The van der Waals surface area contributed by atoms with E-state index < -0.39 is 0 Å². The first-order valence-corrected chi connectivity index (χ1v) is 46.0. The van der Waals surface area contributed by atoms with Crippen molar-refractivity contribution in [2.24, 2.45) is 0 Å². The molecule has 0 saturated carbocycles. The molecule has 0 aliphatic carbocycles. The van der Waals surface area contributed by atoms with Crippen molar-refractivity contribution in [3.63, 3.8) is 0 Å². The van der Waals surface area contributed by atoms with Crippen molar-refractivity contribution in [3.05, 3.63) is 388 Å². The van der Waals surface area contributed by atoms with Gasteiger partial charge in [0.25, 0.3) is 0 Å². The first-order chi connectivity index (χ1) is 66.7. The molecule has 140 heavy (non-hydrogen) atoms. The number of carbonyl (C=O) groups is 2. The van der Waals surface area contributed by atoms with Crippen LogP contribution in [0, 0.1) is 18.2 Å². The van der Waals surface area contributed by atoms with E-state index in [1.165, 1.54) is 172 Å². The largest absolute Gasteiger partial charge is 0.512 e. The predicted octanol–water partition coefficient (Wildman–Crippen LogP) is 28.0. The molecule has 27 rings (SSSR count). The van der Waals surface area contributed by atoms with Crippen molar-refractivity contribution >= 4 is 234 Å². The molecule has 0 atom stereocenters. The van der Waals surface area contributed by atoms with Crippen LogP contribution in [0.3, 0.4) is 0 Å². The van der Waals surface area contributed by atoms with Crippen molar-refractivity contribution in [2.75, 3.05) is 81.5 Å². The number of rotatable bonds is 5. The van der Waals surface area contributed by atoms with Gasteiger partial charge >= 0.3 is 0 Å². The number of aliphatic hydroxyl groups excluding tert-OH is 2. The van der Waals surface area contributed by atoms with Gasteiger partial charge in [-0.05, 0) is 239 Å². The van der Waals surface area contributed by atoms with Gasteiger partial charge in [0.1, 0.15) is 0 Å². The third-order valence-electron chi connectivity index (χ3n) is 27.3. The van der Waals surface area contributed by atoms with Crippen LogP contribution in [-0.2, 0) is 69.9 Å². The van der Waals surface area contributed by atoms with E-state index in [0.29, 0.717) is 0 Å². The average Bonchev–Trinajstić information content (AvgIpc) is 0.707. The summed E-state index contributed by atoms with van der Waals surface area (Å²) in [6, 6.07) is 136. The first-order valence-electron chi connectivity index (χ1n) is 46.0. The maximum Gasteiger partial charge on any atom is 0.200 e. The number of nitrogens with zero attached hydrogens (tertiary/aromatic N) is 11. The monoisotopic (exact) mass is 2350 g/mol. The number of aromatic nitrogens is 3. The van der Waals surface area contributed by atoms with E-state index in [4.69, 9.17) is 25.2 Å². The Kier molecular flexibility index (Phi) is 24.5. The fraction of sp³-hybridized carbons (Fsp3) is 0.0826. The minimum absolute atomic E-state index is 0. The van der Waals surface area contributed by atoms with Crippen molar-refractivity contribution < 1.29 is 80.1 Å². The molecule has 0 saturated heterocycles. The fourth-order valence-electron chi connectivity index (χ4n) is 20.7. The number of hydrogen-bond acceptors (Lipinski definition) is 15. The van der Waals surface area contributed by atoms with E-state index in [0.717, 1.165) is 118 Å². The zero-order valence-corrected chi connectivity index (χ0v) is 85.5. The Labute approximate surface area is 853 Å². The number of pyridine rings is 3. The zero-order chi connectivity index (χ0) is 93.4. The molecule has 0 spiro atoms. The van der Waals surface area contributed by atoms with Gasteiger partial charge in [-0.3, -0.25) is 24.5 Å². The standard InChI is InChI=1S/C37H25BN3.2C37H25N4.2C5H8O2.3Ir/c1-40-33-19-26-12-5-3-10-24(26)17-29(33)38-30-18-25-11-4-6-13-27(25)20-34(30)41(2)36-22-28(21-35(40)37(36)38)32-16-15-23-9-7-8-14-31(23)39-32;2*1-39-31-17-24-10-3-5-12-26(24)19-33(31)41-34-20-27-13-6-4-11-25(27)18-32(34)40(2)36-22-28(21-35(39)37(36)41)30-16-15-23-9-7-8-14-29(23)38-30;2*1-4(6)3-5(2)7;;;/h3*3-21H,1-2H3;2*3,6H,1-2H3;;;/q3*-1;;;;;. The van der Waals surface area contributed by atoms with Crippen molar-refractivity contribution in [3.8, 4) is 33.8 Å². The van der Waals surface area contributed by atoms with E-state index in [1.807, 2.05) is 18.2 Å². The maximum absolute atomic E-state index is 10.0. The molecule has 21 aromatic rings. The topological polar surface area (TPSA) is 139 Å². The molecule has 0 amide bonds. The zero-order valence-electron chi connectivity index (χ0n) is 78.3. The number of fused-ring (bicyclic) bond motifs is 21. The third-order valence-corrected chi connectivity index (χ3v) is 27.3. The van der Waals surface area contributed by atoms with Gasteiger partial charge in [0.2, 0.25) is 0 Å². The van der Waals surface area contributed by atoms with E-state index >= 15 is 0 Å². The van der Waals surface area contributed by atoms with Crippen molar-refractivity contribution in [2.45, 2.75) is 27.7 Å². The van der Waals surface area contributed by atoms with Crippen LogP contribution in [0.4, 0.5) is 102 Å². The molecule has 6 aliphatic heterocycles. The number of hydrogen-bond donors (Lipinski definition) is 2. The molecule has 0 fully saturated rings. The van der Waals surface area contributed by atoms with E-state index in [-0.39, 0.29) is 90.1 Å². The molecule has 2 N–H and O–H groups in total. The molecule has 3 aromatic heterocycles. The number of aliphatic hydroxyl groups is 2. The molecule has 3 radical (unpaired) electrons. The van der Waals surface area contributed by atoms with Crippen LogP contribution < -0.4 is 55.6 Å². The average molecular weight is 2350 g/mol. The molecule has 6 aliphatic rings. The quantitative estimate of drug-likeness (QED) is 0.0731. The number of ketones is 2. The second-order valence-electron chi connectivity index (χ2n) is 36.0. The Morgan fingerprint density at radius 2 is 0.486 bits per heavy atom. The van der Waals surface area contributed by atoms with Crippen LogP contribution in [-0.4, -0.2) is 85.7 Å². The number of carbonyl (C=O) groups excluding carboxylic acids is 2. The minimum atomic E-state index is -0.125. The smallest absolute Gasteiger partial charge is 0.200 e. The summed E-state index contributed by atoms with van der Waals surface area (Å²) in [5.41, 5.74) is 33.5. The van der Waals surface area contributed by atoms with Gasteiger partial charge in [0.15, 0.2) is 18.3 Å². The number of para-hydroxylation sites is 3. The summed E-state index contributed by atoms with van der Waals surface area (Å²) < 4.78 is 0. The molecule has 18 aromatic carbocycles. The van der Waals surface area contributed by atoms with Gasteiger partial charge in [-0.2, -0.15) is 0 Å². The van der Waals surface area contributed by atoms with Gasteiger partial charge in [-0.1, -0.05) is 265 Å². The molecule has 19 heteroatoms. The number of allylic oxidation sites excluding steroid dienone is 4. The molecule has 0 bridgehead atoms. The Balaban J connectivity index is 0.000000119. The molecule has 9 heterocycles. The second-order valence-corrected chi connectivity index (χ2v) is 36.0. The summed E-state index contributed by atoms with van der Waals surface area (Å²) in [5, 5.41) is 35.0. The Morgan fingerprint density at radius 1 is 0.257 bits per heavy atom. The van der Waals surface area contributed by atoms with Gasteiger partial charge in [-0.15, -0.1) is 53.1 Å². The molecule has 687 valence electrons. The summed E-state index contributed by atoms with van der Waals surface area (Å²) in [6.45, 7) is 5.81. The second kappa shape index (κ2) is 37.1. The Hall–Kier alpha value is -15.4. The van der Waals surface area contributed by atoms with Crippen LogP contribution in [0.15, 0.2) is 369 Å². The minimum Gasteiger partial charge on any atom is -0.512 e. The van der Waals surface area contributed by atoms with Gasteiger partial charge in [-0.25, -0.2) is 0 Å². The van der Waals surface area contributed by atoms with Gasteiger partial charge in [0, 0.05) is 138 Å². The van der Waals surface area contributed by atoms with Crippen LogP contribution in [0.1, 0.15) is 27.7 Å². The normalized spacial score (nSPS) is 13.0. The summed E-state index contributed by atoms with van der Waals surface area (Å²) in [7, 11) is 13.0. The number of anilines is 18. The first kappa shape index (κ1) is 92.3. The maximum atomic E-state index is 10.0. The molecule has 15 nitrogen and oxygen atoms in total. The summed E-state index contributed by atoms with van der Waals surface area (Å²) >= 11 is 0. The van der Waals surface area contributed by atoms with Crippen LogP contribution in [0.2, 0.25) is 0 Å². The summed E-state index contributed by atoms with van der Waals surface area (Å²) in [6.07, 6.45) is 2.33.